The summed E-state index contributed by atoms with van der Waals surface area (Å²) in [7, 11) is 1.17. The molecule has 0 N–H and O–H groups in total. The third-order valence-corrected chi connectivity index (χ3v) is 16.2. The molecule has 0 aliphatic carbocycles. The fourth-order valence-electron chi connectivity index (χ4n) is 7.41. The predicted molar refractivity (Wildman–Crippen MR) is 191 cm³/mol. The molecular weight excluding hydrogens is 641 g/mol. The second-order valence-corrected chi connectivity index (χ2v) is 21.6. The molecule has 0 amide bonds. The van der Waals surface area contributed by atoms with Gasteiger partial charge >= 0.3 is 11.9 Å². The zero-order chi connectivity index (χ0) is 36.5. The minimum atomic E-state index is -2.22. The summed E-state index contributed by atoms with van der Waals surface area (Å²) in [5, 5.41) is -0.0500. The van der Waals surface area contributed by atoms with Gasteiger partial charge in [0.05, 0.1) is 38.3 Å². The number of benzene rings is 1. The van der Waals surface area contributed by atoms with E-state index in [1.807, 2.05) is 32.0 Å². The van der Waals surface area contributed by atoms with Crippen LogP contribution in [-0.2, 0) is 37.7 Å². The Bertz CT molecular complexity index is 1360. The van der Waals surface area contributed by atoms with Crippen LogP contribution in [0.2, 0.25) is 18.1 Å². The molecule has 1 aromatic rings. The van der Waals surface area contributed by atoms with Gasteiger partial charge in [-0.05, 0) is 80.4 Å². The van der Waals surface area contributed by atoms with Crippen molar-refractivity contribution < 1.29 is 42.4 Å². The van der Waals surface area contributed by atoms with E-state index in [4.69, 9.17) is 32.8 Å². The molecule has 10 heteroatoms. The van der Waals surface area contributed by atoms with E-state index in [0.717, 1.165) is 29.7 Å². The zero-order valence-electron chi connectivity index (χ0n) is 32.3. The molecule has 1 spiro atoms. The van der Waals surface area contributed by atoms with Crippen molar-refractivity contribution in [3.63, 3.8) is 0 Å². The number of esters is 2. The van der Waals surface area contributed by atoms with Crippen molar-refractivity contribution in [2.24, 2.45) is 17.3 Å². The molecule has 8 atom stereocenters. The van der Waals surface area contributed by atoms with E-state index in [1.165, 1.54) is 0 Å². The molecule has 3 aliphatic heterocycles. The largest absolute Gasteiger partial charge is 0.497 e. The minimum absolute atomic E-state index is 0.0398. The first-order valence-corrected chi connectivity index (χ1v) is 20.9. The molecule has 0 saturated carbocycles. The van der Waals surface area contributed by atoms with E-state index in [2.05, 4.69) is 67.6 Å². The lowest BCUT2D eigenvalue weighted by atomic mass is 9.69. The van der Waals surface area contributed by atoms with Gasteiger partial charge in [0.2, 0.25) is 5.79 Å². The summed E-state index contributed by atoms with van der Waals surface area (Å²) < 4.78 is 44.3. The highest BCUT2D eigenvalue weighted by molar-refractivity contribution is 6.74. The average Bonchev–Trinajstić information content (AvgIpc) is 3.00. The van der Waals surface area contributed by atoms with E-state index < -0.39 is 49.8 Å². The van der Waals surface area contributed by atoms with Gasteiger partial charge in [-0.25, -0.2) is 0 Å². The quantitative estimate of drug-likeness (QED) is 0.175. The zero-order valence-corrected chi connectivity index (χ0v) is 33.3. The molecule has 9 nitrogen and oxygen atoms in total. The Morgan fingerprint density at radius 1 is 1.04 bits per heavy atom. The van der Waals surface area contributed by atoms with Crippen molar-refractivity contribution in [3.05, 3.63) is 41.2 Å². The summed E-state index contributed by atoms with van der Waals surface area (Å²) in [6.07, 6.45) is 0.356. The van der Waals surface area contributed by atoms with Gasteiger partial charge in [0.25, 0.3) is 0 Å². The second kappa shape index (κ2) is 15.1. The van der Waals surface area contributed by atoms with Crippen LogP contribution in [-0.4, -0.2) is 64.7 Å². The number of ether oxygens (including phenoxy) is 6. The third kappa shape index (κ3) is 8.74. The van der Waals surface area contributed by atoms with Gasteiger partial charge in [-0.1, -0.05) is 60.6 Å². The molecule has 0 aromatic heterocycles. The third-order valence-electron chi connectivity index (χ3n) is 11.6. The standard InChI is InChI=1S/C39H62O9Si/c1-24(17-18-30(43-11)28-15-14-16-29(19-28)42-10)36-26(3)33-23-39(47-36)38(8,9)22-25(2)31(46-39)20-34(40)44-32(21-35(41)45-33)27(4)48-49(12,13)37(5,6)7/h14-16,19,24,26-27,30,32-33,36H,17-18,20-23H2,1-13H3/t24-,26-,27+,30-,32+,33-,36?,39+/m0/s1. The number of fused-ring (bicyclic) bond motifs is 2. The molecule has 3 heterocycles. The first-order chi connectivity index (χ1) is 22.7. The SMILES string of the molecule is COc1cccc([C@H](CC[C@H](C)C2O[C@]34C[C@H](OC(=O)C[C@H]([C@@H](C)O[Si](C)(C)C(C)(C)C)OC(=O)CC(=C(C)CC3(C)C)O4)[C@@H]2C)OC)c1. The van der Waals surface area contributed by atoms with Crippen LogP contribution in [0.3, 0.4) is 0 Å². The van der Waals surface area contributed by atoms with Crippen LogP contribution in [0, 0.1) is 17.3 Å². The number of methoxy groups -OCH3 is 2. The van der Waals surface area contributed by atoms with E-state index in [1.54, 1.807) is 14.2 Å². The molecule has 4 rings (SSSR count). The van der Waals surface area contributed by atoms with Gasteiger partial charge in [0.15, 0.2) is 8.32 Å². The molecule has 2 saturated heterocycles. The first kappa shape index (κ1) is 39.4. The van der Waals surface area contributed by atoms with E-state index in [-0.39, 0.29) is 41.9 Å². The summed E-state index contributed by atoms with van der Waals surface area (Å²) in [4.78, 5) is 27.3. The summed E-state index contributed by atoms with van der Waals surface area (Å²) in [5.74, 6) is -0.630. The lowest BCUT2D eigenvalue weighted by molar-refractivity contribution is -0.352. The highest BCUT2D eigenvalue weighted by Crippen LogP contribution is 2.55. The van der Waals surface area contributed by atoms with E-state index in [0.29, 0.717) is 18.6 Å². The summed E-state index contributed by atoms with van der Waals surface area (Å²) in [5.41, 5.74) is 1.59. The fraction of sp³-hybridized carbons (Fsp3) is 0.744. The number of rotatable bonds is 10. The number of allylic oxidation sites excluding steroid dienone is 1. The van der Waals surface area contributed by atoms with Crippen LogP contribution in [0.25, 0.3) is 0 Å². The predicted octanol–water partition coefficient (Wildman–Crippen LogP) is 8.67. The van der Waals surface area contributed by atoms with Gasteiger partial charge in [-0.3, -0.25) is 9.59 Å². The van der Waals surface area contributed by atoms with Crippen LogP contribution in [0.1, 0.15) is 113 Å². The molecule has 49 heavy (non-hydrogen) atoms. The molecule has 3 aliphatic rings. The Morgan fingerprint density at radius 2 is 1.73 bits per heavy atom. The van der Waals surface area contributed by atoms with Crippen molar-refractivity contribution in [2.75, 3.05) is 14.2 Å². The van der Waals surface area contributed by atoms with Gasteiger partial charge in [-0.15, -0.1) is 0 Å². The highest BCUT2D eigenvalue weighted by Gasteiger charge is 2.60. The smallest absolute Gasteiger partial charge is 0.313 e. The number of hydrogen-bond acceptors (Lipinski definition) is 9. The van der Waals surface area contributed by atoms with Crippen molar-refractivity contribution in [1.82, 2.24) is 0 Å². The first-order valence-electron chi connectivity index (χ1n) is 18.0. The van der Waals surface area contributed by atoms with E-state index in [9.17, 15) is 9.59 Å². The van der Waals surface area contributed by atoms with Crippen molar-refractivity contribution >= 4 is 20.3 Å². The van der Waals surface area contributed by atoms with Crippen molar-refractivity contribution in [2.45, 2.75) is 155 Å². The second-order valence-electron chi connectivity index (χ2n) is 16.8. The molecule has 3 bridgehead atoms. The van der Waals surface area contributed by atoms with Gasteiger partial charge < -0.3 is 32.8 Å². The van der Waals surface area contributed by atoms with Crippen LogP contribution in [0.4, 0.5) is 0 Å². The van der Waals surface area contributed by atoms with Crippen LogP contribution in [0.15, 0.2) is 35.6 Å². The van der Waals surface area contributed by atoms with Crippen molar-refractivity contribution in [1.29, 1.82) is 0 Å². The topological polar surface area (TPSA) is 98.8 Å². The summed E-state index contributed by atoms with van der Waals surface area (Å²) in [6, 6.07) is 7.97. The maximum absolute atomic E-state index is 13.8. The Hall–Kier alpha value is -2.40. The molecular formula is C39H62O9Si. The van der Waals surface area contributed by atoms with Crippen LogP contribution < -0.4 is 4.74 Å². The summed E-state index contributed by atoms with van der Waals surface area (Å²) in [6.45, 7) is 23.2. The number of carbonyl (C=O) groups is 2. The Kier molecular flexibility index (Phi) is 12.1. The Balaban J connectivity index is 1.64. The monoisotopic (exact) mass is 702 g/mol. The Morgan fingerprint density at radius 3 is 2.37 bits per heavy atom. The Labute approximate surface area is 295 Å². The van der Waals surface area contributed by atoms with Crippen molar-refractivity contribution in [3.8, 4) is 5.75 Å². The van der Waals surface area contributed by atoms with Gasteiger partial charge in [0.1, 0.15) is 30.1 Å². The maximum atomic E-state index is 13.8. The fourth-order valence-corrected chi connectivity index (χ4v) is 8.85. The lowest BCUT2D eigenvalue weighted by Gasteiger charge is -2.57. The van der Waals surface area contributed by atoms with Crippen LogP contribution >= 0.6 is 0 Å². The minimum Gasteiger partial charge on any atom is -0.497 e. The normalized spacial score (nSPS) is 29.7. The van der Waals surface area contributed by atoms with Crippen LogP contribution in [0.5, 0.6) is 5.75 Å². The van der Waals surface area contributed by atoms with Gasteiger partial charge in [0, 0.05) is 18.4 Å². The summed E-state index contributed by atoms with van der Waals surface area (Å²) >= 11 is 0. The number of carbonyl (C=O) groups excluding carboxylic acids is 2. The average molecular weight is 703 g/mol. The lowest BCUT2D eigenvalue weighted by Crippen LogP contribution is -2.62. The maximum Gasteiger partial charge on any atom is 0.313 e. The highest BCUT2D eigenvalue weighted by atomic mass is 28.4. The molecule has 1 unspecified atom stereocenters. The molecule has 2 fully saturated rings. The van der Waals surface area contributed by atoms with E-state index >= 15 is 0 Å². The number of hydrogen-bond donors (Lipinski definition) is 0. The molecule has 0 radical (unpaired) electrons. The number of cyclic esters (lactones) is 1. The molecule has 1 aromatic carbocycles. The van der Waals surface area contributed by atoms with Gasteiger partial charge in [-0.2, -0.15) is 0 Å². The molecule has 276 valence electrons.